The summed E-state index contributed by atoms with van der Waals surface area (Å²) in [4.78, 5) is 5.08. The zero-order chi connectivity index (χ0) is 9.14. The van der Waals surface area contributed by atoms with Gasteiger partial charge in [-0.15, -0.1) is 0 Å². The van der Waals surface area contributed by atoms with E-state index in [9.17, 15) is 0 Å². The number of rotatable bonds is 2. The van der Waals surface area contributed by atoms with E-state index in [0.717, 1.165) is 6.04 Å². The Morgan fingerprint density at radius 3 is 2.42 bits per heavy atom. The number of nitrogens with zero attached hydrogens (tertiary/aromatic N) is 2. The van der Waals surface area contributed by atoms with Gasteiger partial charge in [-0.3, -0.25) is 9.80 Å². The van der Waals surface area contributed by atoms with Crippen molar-refractivity contribution >= 4 is 0 Å². The minimum atomic E-state index is 0.679. The lowest BCUT2D eigenvalue weighted by Crippen LogP contribution is -2.55. The average Bonchev–Trinajstić information content (AvgIpc) is 2.08. The summed E-state index contributed by atoms with van der Waals surface area (Å²) in [6, 6.07) is 0.774. The molecule has 0 N–H and O–H groups in total. The molecule has 0 aromatic heterocycles. The summed E-state index contributed by atoms with van der Waals surface area (Å²) in [5.41, 5.74) is 0. The van der Waals surface area contributed by atoms with Crippen molar-refractivity contribution in [3.05, 3.63) is 0 Å². The molecule has 0 amide bonds. The number of hydrogen-bond acceptors (Lipinski definition) is 2. The highest BCUT2D eigenvalue weighted by Crippen LogP contribution is 2.19. The maximum atomic E-state index is 2.60. The molecule has 0 aromatic carbocycles. The van der Waals surface area contributed by atoms with Gasteiger partial charge in [0, 0.05) is 12.6 Å². The fraction of sp³-hybridized carbons (Fsp3) is 1.00. The van der Waals surface area contributed by atoms with Crippen molar-refractivity contribution in [1.82, 2.24) is 9.80 Å². The van der Waals surface area contributed by atoms with E-state index in [1.165, 1.54) is 25.9 Å². The van der Waals surface area contributed by atoms with Gasteiger partial charge in [-0.25, -0.2) is 0 Å². The van der Waals surface area contributed by atoms with E-state index < -0.39 is 0 Å². The largest absolute Gasteiger partial charge is 0.291 e. The molecule has 0 bridgehead atoms. The fourth-order valence-electron chi connectivity index (χ4n) is 2.32. The standard InChI is InChI=1S/C10H22N2/c1-5-10-11(4)8-7-9(3)12(10)6-2/h9-10H,5-8H2,1-4H3. The van der Waals surface area contributed by atoms with Crippen LogP contribution in [0.1, 0.15) is 33.6 Å². The Morgan fingerprint density at radius 1 is 1.33 bits per heavy atom. The van der Waals surface area contributed by atoms with Crippen LogP contribution in [0, 0.1) is 0 Å². The molecule has 0 radical (unpaired) electrons. The second-order valence-corrected chi connectivity index (χ2v) is 3.84. The van der Waals surface area contributed by atoms with E-state index in [0.29, 0.717) is 6.17 Å². The molecular formula is C10H22N2. The molecule has 1 rings (SSSR count). The van der Waals surface area contributed by atoms with Crippen LogP contribution in [0.2, 0.25) is 0 Å². The molecule has 1 saturated heterocycles. The highest BCUT2D eigenvalue weighted by atomic mass is 15.4. The predicted octanol–water partition coefficient (Wildman–Crippen LogP) is 1.77. The van der Waals surface area contributed by atoms with E-state index in [4.69, 9.17) is 0 Å². The molecule has 0 spiro atoms. The van der Waals surface area contributed by atoms with Crippen LogP contribution >= 0.6 is 0 Å². The molecule has 0 saturated carbocycles. The Bertz CT molecular complexity index is 120. The maximum Gasteiger partial charge on any atom is 0.0619 e. The van der Waals surface area contributed by atoms with E-state index in [1.54, 1.807) is 0 Å². The minimum absolute atomic E-state index is 0.679. The van der Waals surface area contributed by atoms with Crippen molar-refractivity contribution in [2.45, 2.75) is 45.8 Å². The van der Waals surface area contributed by atoms with Crippen molar-refractivity contribution in [2.75, 3.05) is 20.1 Å². The predicted molar refractivity (Wildman–Crippen MR) is 53.2 cm³/mol. The van der Waals surface area contributed by atoms with Gasteiger partial charge in [-0.05, 0) is 33.4 Å². The van der Waals surface area contributed by atoms with E-state index in [-0.39, 0.29) is 0 Å². The van der Waals surface area contributed by atoms with Crippen LogP contribution < -0.4 is 0 Å². The Kier molecular flexibility index (Phi) is 3.53. The molecule has 2 unspecified atom stereocenters. The normalized spacial score (nSPS) is 34.0. The van der Waals surface area contributed by atoms with Crippen molar-refractivity contribution < 1.29 is 0 Å². The third kappa shape index (κ3) is 1.80. The van der Waals surface area contributed by atoms with Crippen LogP contribution in [0.25, 0.3) is 0 Å². The van der Waals surface area contributed by atoms with Gasteiger partial charge in [-0.1, -0.05) is 13.8 Å². The number of hydrogen-bond donors (Lipinski definition) is 0. The summed E-state index contributed by atoms with van der Waals surface area (Å²) >= 11 is 0. The van der Waals surface area contributed by atoms with E-state index in [1.807, 2.05) is 0 Å². The average molecular weight is 170 g/mol. The summed E-state index contributed by atoms with van der Waals surface area (Å²) in [5.74, 6) is 0. The van der Waals surface area contributed by atoms with Gasteiger partial charge in [-0.2, -0.15) is 0 Å². The van der Waals surface area contributed by atoms with Crippen LogP contribution in [0.5, 0.6) is 0 Å². The van der Waals surface area contributed by atoms with Crippen LogP contribution in [0.15, 0.2) is 0 Å². The Balaban J connectivity index is 2.61. The molecule has 2 nitrogen and oxygen atoms in total. The first-order valence-electron chi connectivity index (χ1n) is 5.16. The van der Waals surface area contributed by atoms with E-state index >= 15 is 0 Å². The lowest BCUT2D eigenvalue weighted by Gasteiger charge is -2.45. The first-order valence-corrected chi connectivity index (χ1v) is 5.16. The molecule has 2 heteroatoms. The SMILES string of the molecule is CCC1N(C)CCC(C)N1CC. The Labute approximate surface area is 76.5 Å². The third-order valence-electron chi connectivity index (χ3n) is 3.09. The summed E-state index contributed by atoms with van der Waals surface area (Å²) in [6.45, 7) is 9.33. The van der Waals surface area contributed by atoms with Crippen molar-refractivity contribution in [3.8, 4) is 0 Å². The first kappa shape index (κ1) is 10.0. The molecule has 0 aromatic rings. The minimum Gasteiger partial charge on any atom is -0.291 e. The molecular weight excluding hydrogens is 148 g/mol. The monoisotopic (exact) mass is 170 g/mol. The molecule has 1 aliphatic heterocycles. The van der Waals surface area contributed by atoms with Crippen LogP contribution in [-0.2, 0) is 0 Å². The van der Waals surface area contributed by atoms with Crippen LogP contribution in [0.3, 0.4) is 0 Å². The molecule has 12 heavy (non-hydrogen) atoms. The van der Waals surface area contributed by atoms with Crippen molar-refractivity contribution in [3.63, 3.8) is 0 Å². The van der Waals surface area contributed by atoms with Crippen LogP contribution in [0.4, 0.5) is 0 Å². The highest BCUT2D eigenvalue weighted by Gasteiger charge is 2.28. The molecule has 1 aliphatic rings. The van der Waals surface area contributed by atoms with Crippen molar-refractivity contribution in [2.24, 2.45) is 0 Å². The third-order valence-corrected chi connectivity index (χ3v) is 3.09. The smallest absolute Gasteiger partial charge is 0.0619 e. The van der Waals surface area contributed by atoms with Gasteiger partial charge >= 0.3 is 0 Å². The van der Waals surface area contributed by atoms with E-state index in [2.05, 4.69) is 37.6 Å². The van der Waals surface area contributed by atoms with Crippen LogP contribution in [-0.4, -0.2) is 42.1 Å². The van der Waals surface area contributed by atoms with Gasteiger partial charge in [0.05, 0.1) is 6.17 Å². The Morgan fingerprint density at radius 2 is 2.00 bits per heavy atom. The van der Waals surface area contributed by atoms with Gasteiger partial charge < -0.3 is 0 Å². The second-order valence-electron chi connectivity index (χ2n) is 3.84. The molecule has 1 fully saturated rings. The molecule has 1 heterocycles. The fourth-order valence-corrected chi connectivity index (χ4v) is 2.32. The zero-order valence-electron chi connectivity index (χ0n) is 8.88. The Hall–Kier alpha value is -0.0800. The first-order chi connectivity index (χ1) is 5.70. The van der Waals surface area contributed by atoms with Gasteiger partial charge in [0.1, 0.15) is 0 Å². The lowest BCUT2D eigenvalue weighted by molar-refractivity contribution is -0.0113. The van der Waals surface area contributed by atoms with Gasteiger partial charge in [0.25, 0.3) is 0 Å². The van der Waals surface area contributed by atoms with Gasteiger partial charge in [0.2, 0.25) is 0 Å². The summed E-state index contributed by atoms with van der Waals surface area (Å²) in [6.07, 6.45) is 3.24. The molecule has 0 aliphatic carbocycles. The topological polar surface area (TPSA) is 6.48 Å². The zero-order valence-corrected chi connectivity index (χ0v) is 8.88. The summed E-state index contributed by atoms with van der Waals surface area (Å²) < 4.78 is 0. The summed E-state index contributed by atoms with van der Waals surface area (Å²) in [5, 5.41) is 0. The highest BCUT2D eigenvalue weighted by molar-refractivity contribution is 4.80. The molecule has 72 valence electrons. The van der Waals surface area contributed by atoms with Gasteiger partial charge in [0.15, 0.2) is 0 Å². The quantitative estimate of drug-likeness (QED) is 0.623. The molecule has 2 atom stereocenters. The maximum absolute atomic E-state index is 2.60. The lowest BCUT2D eigenvalue weighted by atomic mass is 10.1. The second kappa shape index (κ2) is 4.24. The van der Waals surface area contributed by atoms with Crippen molar-refractivity contribution in [1.29, 1.82) is 0 Å². The summed E-state index contributed by atoms with van der Waals surface area (Å²) in [7, 11) is 2.24.